The smallest absolute Gasteiger partial charge is 0.262 e. The Kier molecular flexibility index (Phi) is 7.24. The lowest BCUT2D eigenvalue weighted by molar-refractivity contribution is 0.0130. The molecular formula is C33H28N2O9S. The summed E-state index contributed by atoms with van der Waals surface area (Å²) in [5.41, 5.74) is -0.905. The SMILES string of the molecule is CS(=O)(=O)CCOCCOCCOCCN1C(=O)c2ccc3c4cccc5cccc(c54)c4c5c(=O)[nH]c(=O)c5c(c2c34)C1=O. The molecule has 12 heteroatoms. The van der Waals surface area contributed by atoms with Gasteiger partial charge in [-0.3, -0.25) is 29.1 Å². The second-order valence-electron chi connectivity index (χ2n) is 11.1. The topological polar surface area (TPSA) is 149 Å². The minimum atomic E-state index is -3.08. The predicted octanol–water partition coefficient (Wildman–Crippen LogP) is 3.07. The molecular weight excluding hydrogens is 600 g/mol. The summed E-state index contributed by atoms with van der Waals surface area (Å²) in [4.78, 5) is 57.8. The molecule has 7 rings (SSSR count). The number of carbonyl (C=O) groups is 2. The molecule has 0 saturated heterocycles. The summed E-state index contributed by atoms with van der Waals surface area (Å²) in [7, 11) is -3.08. The third-order valence-electron chi connectivity index (χ3n) is 8.34. The average Bonchev–Trinajstić information content (AvgIpc) is 3.31. The number of benzene rings is 5. The van der Waals surface area contributed by atoms with Gasteiger partial charge in [0.05, 0.1) is 68.3 Å². The lowest BCUT2D eigenvalue weighted by Crippen LogP contribution is -2.42. The van der Waals surface area contributed by atoms with E-state index in [9.17, 15) is 27.6 Å². The summed E-state index contributed by atoms with van der Waals surface area (Å²) in [5, 5.41) is 6.13. The number of ether oxygens (including phenoxy) is 3. The van der Waals surface area contributed by atoms with Crippen LogP contribution in [-0.2, 0) is 24.0 Å². The summed E-state index contributed by atoms with van der Waals surface area (Å²) < 4.78 is 38.5. The maximum Gasteiger partial charge on any atom is 0.262 e. The van der Waals surface area contributed by atoms with Crippen LogP contribution in [0.2, 0.25) is 0 Å². The number of amides is 2. The first-order valence-corrected chi connectivity index (χ1v) is 16.6. The molecule has 11 nitrogen and oxygen atoms in total. The van der Waals surface area contributed by atoms with Gasteiger partial charge in [0, 0.05) is 22.6 Å². The van der Waals surface area contributed by atoms with Gasteiger partial charge < -0.3 is 14.2 Å². The van der Waals surface area contributed by atoms with Crippen molar-refractivity contribution < 1.29 is 32.2 Å². The zero-order chi connectivity index (χ0) is 31.5. The lowest BCUT2D eigenvalue weighted by atomic mass is 9.82. The van der Waals surface area contributed by atoms with Crippen LogP contribution in [0, 0.1) is 0 Å². The molecule has 1 N–H and O–H groups in total. The maximum atomic E-state index is 14.0. The van der Waals surface area contributed by atoms with E-state index in [1.54, 1.807) is 6.07 Å². The molecule has 0 bridgehead atoms. The quantitative estimate of drug-likeness (QED) is 0.0934. The van der Waals surface area contributed by atoms with E-state index in [1.165, 1.54) is 0 Å². The van der Waals surface area contributed by atoms with E-state index < -0.39 is 32.8 Å². The normalized spacial score (nSPS) is 13.9. The predicted molar refractivity (Wildman–Crippen MR) is 171 cm³/mol. The summed E-state index contributed by atoms with van der Waals surface area (Å²) >= 11 is 0. The average molecular weight is 629 g/mol. The molecule has 0 spiro atoms. The van der Waals surface area contributed by atoms with E-state index in [4.69, 9.17) is 14.2 Å². The van der Waals surface area contributed by atoms with Crippen molar-refractivity contribution in [3.05, 3.63) is 80.4 Å². The Morgan fingerprint density at radius 2 is 1.22 bits per heavy atom. The number of hydrogen-bond donors (Lipinski definition) is 1. The number of carbonyl (C=O) groups excluding carboxylic acids is 2. The zero-order valence-electron chi connectivity index (χ0n) is 24.3. The third kappa shape index (κ3) is 4.81. The fourth-order valence-electron chi connectivity index (χ4n) is 6.45. The Labute approximate surface area is 255 Å². The first kappa shape index (κ1) is 29.2. The minimum Gasteiger partial charge on any atom is -0.378 e. The second kappa shape index (κ2) is 11.1. The van der Waals surface area contributed by atoms with Crippen LogP contribution in [0.1, 0.15) is 20.7 Å². The van der Waals surface area contributed by atoms with Gasteiger partial charge in [0.25, 0.3) is 22.9 Å². The highest BCUT2D eigenvalue weighted by molar-refractivity contribution is 7.90. The van der Waals surface area contributed by atoms with Crippen molar-refractivity contribution in [2.75, 3.05) is 58.2 Å². The number of nitrogens with one attached hydrogen (secondary N) is 1. The van der Waals surface area contributed by atoms with Crippen molar-refractivity contribution in [3.8, 4) is 0 Å². The molecule has 6 aromatic rings. The van der Waals surface area contributed by atoms with Crippen LogP contribution in [0.4, 0.5) is 0 Å². The molecule has 2 amide bonds. The minimum absolute atomic E-state index is 0.00661. The number of hydrogen-bond acceptors (Lipinski definition) is 9. The van der Waals surface area contributed by atoms with Gasteiger partial charge in [-0.25, -0.2) is 8.42 Å². The standard InChI is InChI=1S/C33H28N2O9S/c1-45(40,41)17-16-44-15-14-43-13-12-42-11-10-35-32(38)22-9-8-20-19-6-2-4-18-5-3-7-21(23(18)19)25-24(20)26(22)29(33(35)39)28-27(25)30(36)34-31(28)37/h2-9H,10-17H2,1H3,(H,34,36,37). The van der Waals surface area contributed by atoms with Crippen LogP contribution in [0.3, 0.4) is 0 Å². The van der Waals surface area contributed by atoms with Gasteiger partial charge in [0.2, 0.25) is 0 Å². The van der Waals surface area contributed by atoms with Crippen molar-refractivity contribution in [1.29, 1.82) is 0 Å². The van der Waals surface area contributed by atoms with E-state index in [-0.39, 0.29) is 73.8 Å². The van der Waals surface area contributed by atoms with Crippen LogP contribution < -0.4 is 11.1 Å². The zero-order valence-corrected chi connectivity index (χ0v) is 25.1. The highest BCUT2D eigenvalue weighted by Crippen LogP contribution is 2.46. The van der Waals surface area contributed by atoms with Gasteiger partial charge in [-0.2, -0.15) is 0 Å². The third-order valence-corrected chi connectivity index (χ3v) is 9.25. The summed E-state index contributed by atoms with van der Waals surface area (Å²) in [6, 6.07) is 15.2. The van der Waals surface area contributed by atoms with Crippen LogP contribution >= 0.6 is 0 Å². The Bertz CT molecular complexity index is 2380. The van der Waals surface area contributed by atoms with Gasteiger partial charge in [-0.1, -0.05) is 42.5 Å². The van der Waals surface area contributed by atoms with Crippen LogP contribution in [0.5, 0.6) is 0 Å². The molecule has 0 atom stereocenters. The Morgan fingerprint density at radius 1 is 0.622 bits per heavy atom. The molecule has 0 aliphatic carbocycles. The fraction of sp³-hybridized carbons (Fsp3) is 0.273. The van der Waals surface area contributed by atoms with E-state index in [0.717, 1.165) is 38.1 Å². The molecule has 0 fully saturated rings. The maximum absolute atomic E-state index is 14.0. The van der Waals surface area contributed by atoms with Crippen molar-refractivity contribution in [3.63, 3.8) is 0 Å². The largest absolute Gasteiger partial charge is 0.378 e. The first-order valence-electron chi connectivity index (χ1n) is 14.5. The monoisotopic (exact) mass is 628 g/mol. The summed E-state index contributed by atoms with van der Waals surface area (Å²) in [5.74, 6) is -1.21. The van der Waals surface area contributed by atoms with Crippen LogP contribution in [0.25, 0.3) is 53.9 Å². The Balaban J connectivity index is 1.18. The molecule has 0 unspecified atom stereocenters. The number of nitrogens with zero attached hydrogens (tertiary/aromatic N) is 1. The summed E-state index contributed by atoms with van der Waals surface area (Å²) in [6.07, 6.45) is 1.14. The van der Waals surface area contributed by atoms with Gasteiger partial charge in [-0.05, 0) is 38.4 Å². The summed E-state index contributed by atoms with van der Waals surface area (Å²) in [6.45, 7) is 0.975. The Hall–Kier alpha value is -4.49. The van der Waals surface area contributed by atoms with E-state index >= 15 is 0 Å². The molecule has 5 aromatic carbocycles. The molecule has 2 heterocycles. The van der Waals surface area contributed by atoms with Gasteiger partial charge >= 0.3 is 0 Å². The Morgan fingerprint density at radius 3 is 1.93 bits per heavy atom. The second-order valence-corrected chi connectivity index (χ2v) is 13.4. The van der Waals surface area contributed by atoms with Crippen molar-refractivity contribution >= 4 is 75.5 Å². The number of imide groups is 1. The van der Waals surface area contributed by atoms with Crippen molar-refractivity contribution in [2.24, 2.45) is 0 Å². The van der Waals surface area contributed by atoms with Gasteiger partial charge in [0.15, 0.2) is 0 Å². The molecule has 0 saturated carbocycles. The van der Waals surface area contributed by atoms with Crippen LogP contribution in [0.15, 0.2) is 58.1 Å². The van der Waals surface area contributed by atoms with Gasteiger partial charge in [0.1, 0.15) is 9.84 Å². The van der Waals surface area contributed by atoms with E-state index in [2.05, 4.69) is 4.98 Å². The van der Waals surface area contributed by atoms with Crippen LogP contribution in [-0.4, -0.2) is 88.3 Å². The number of aromatic nitrogens is 1. The first-order chi connectivity index (χ1) is 21.7. The fourth-order valence-corrected chi connectivity index (χ4v) is 6.87. The van der Waals surface area contributed by atoms with Gasteiger partial charge in [-0.15, -0.1) is 0 Å². The van der Waals surface area contributed by atoms with Crippen molar-refractivity contribution in [1.82, 2.24) is 9.88 Å². The van der Waals surface area contributed by atoms with E-state index in [0.29, 0.717) is 16.2 Å². The number of aromatic amines is 1. The number of fused-ring (bicyclic) bond motifs is 5. The van der Waals surface area contributed by atoms with E-state index in [1.807, 2.05) is 42.5 Å². The molecule has 1 aliphatic rings. The number of rotatable bonds is 12. The number of H-pyrrole nitrogens is 1. The highest BCUT2D eigenvalue weighted by atomic mass is 32.2. The molecule has 1 aromatic heterocycles. The molecule has 45 heavy (non-hydrogen) atoms. The lowest BCUT2D eigenvalue weighted by Gasteiger charge is -2.29. The molecule has 0 radical (unpaired) electrons. The number of sulfone groups is 1. The molecule has 230 valence electrons. The highest BCUT2D eigenvalue weighted by Gasteiger charge is 2.37. The molecule has 1 aliphatic heterocycles. The van der Waals surface area contributed by atoms with Crippen molar-refractivity contribution in [2.45, 2.75) is 0 Å².